The molecule has 0 spiro atoms. The highest BCUT2D eigenvalue weighted by molar-refractivity contribution is 5.85. The predicted molar refractivity (Wildman–Crippen MR) is 86.9 cm³/mol. The Balaban J connectivity index is 1.59. The van der Waals surface area contributed by atoms with Crippen molar-refractivity contribution < 1.29 is 9.59 Å². The number of carbonyl (C=O) groups is 2. The van der Waals surface area contributed by atoms with E-state index in [9.17, 15) is 9.59 Å². The van der Waals surface area contributed by atoms with Crippen molar-refractivity contribution in [3.63, 3.8) is 0 Å². The zero-order chi connectivity index (χ0) is 16.4. The lowest BCUT2D eigenvalue weighted by Crippen LogP contribution is -2.41. The fourth-order valence-corrected chi connectivity index (χ4v) is 3.68. The molecular formula is C17H26N4O2. The molecule has 6 nitrogen and oxygen atoms in total. The topological polar surface area (TPSA) is 58.4 Å². The van der Waals surface area contributed by atoms with Crippen molar-refractivity contribution in [2.24, 2.45) is 7.05 Å². The van der Waals surface area contributed by atoms with E-state index in [1.807, 2.05) is 25.1 Å². The number of likely N-dealkylation sites (tertiary alicyclic amines) is 2. The third kappa shape index (κ3) is 3.57. The van der Waals surface area contributed by atoms with Gasteiger partial charge in [0.05, 0.1) is 12.2 Å². The minimum atomic E-state index is 0.0775. The van der Waals surface area contributed by atoms with E-state index in [2.05, 4.69) is 9.55 Å². The van der Waals surface area contributed by atoms with Crippen LogP contribution in [0.1, 0.15) is 49.5 Å². The van der Waals surface area contributed by atoms with Crippen LogP contribution >= 0.6 is 0 Å². The van der Waals surface area contributed by atoms with Gasteiger partial charge in [-0.05, 0) is 26.2 Å². The van der Waals surface area contributed by atoms with Gasteiger partial charge in [-0.1, -0.05) is 6.42 Å². The van der Waals surface area contributed by atoms with Gasteiger partial charge in [0.1, 0.15) is 5.82 Å². The van der Waals surface area contributed by atoms with Crippen LogP contribution in [0.4, 0.5) is 0 Å². The van der Waals surface area contributed by atoms with E-state index in [4.69, 9.17) is 0 Å². The van der Waals surface area contributed by atoms with Crippen molar-refractivity contribution in [1.82, 2.24) is 19.4 Å². The number of rotatable bonds is 3. The number of carbonyl (C=O) groups excluding carboxylic acids is 2. The van der Waals surface area contributed by atoms with Crippen molar-refractivity contribution in [1.29, 1.82) is 0 Å². The Bertz CT molecular complexity index is 595. The molecule has 0 radical (unpaired) electrons. The van der Waals surface area contributed by atoms with Crippen LogP contribution in [0.25, 0.3) is 0 Å². The zero-order valence-corrected chi connectivity index (χ0v) is 14.1. The van der Waals surface area contributed by atoms with E-state index in [-0.39, 0.29) is 18.4 Å². The molecule has 0 saturated carbocycles. The van der Waals surface area contributed by atoms with E-state index in [1.165, 1.54) is 0 Å². The molecule has 6 heteroatoms. The molecule has 1 atom stereocenters. The van der Waals surface area contributed by atoms with E-state index in [0.717, 1.165) is 50.3 Å². The molecule has 0 N–H and O–H groups in total. The maximum atomic E-state index is 12.5. The maximum Gasteiger partial charge on any atom is 0.242 e. The Kier molecular flexibility index (Phi) is 4.68. The quantitative estimate of drug-likeness (QED) is 0.847. The first kappa shape index (κ1) is 16.0. The lowest BCUT2D eigenvalue weighted by Gasteiger charge is -2.24. The SMILES string of the molecule is Cc1cn(C)c(C2CCN(C(=O)CN3CCCCCC3=O)C2)n1. The van der Waals surface area contributed by atoms with E-state index >= 15 is 0 Å². The second kappa shape index (κ2) is 6.72. The highest BCUT2D eigenvalue weighted by atomic mass is 16.2. The summed E-state index contributed by atoms with van der Waals surface area (Å²) in [6.45, 7) is 4.43. The van der Waals surface area contributed by atoms with Crippen molar-refractivity contribution in [3.8, 4) is 0 Å². The van der Waals surface area contributed by atoms with Crippen LogP contribution in [0, 0.1) is 6.92 Å². The smallest absolute Gasteiger partial charge is 0.242 e. The summed E-state index contributed by atoms with van der Waals surface area (Å²) in [4.78, 5) is 32.8. The summed E-state index contributed by atoms with van der Waals surface area (Å²) < 4.78 is 2.06. The molecule has 2 saturated heterocycles. The molecular weight excluding hydrogens is 292 g/mol. The van der Waals surface area contributed by atoms with Crippen molar-refractivity contribution >= 4 is 11.8 Å². The number of hydrogen-bond donors (Lipinski definition) is 0. The van der Waals surface area contributed by atoms with Gasteiger partial charge in [-0.3, -0.25) is 9.59 Å². The Morgan fingerprint density at radius 2 is 2.13 bits per heavy atom. The van der Waals surface area contributed by atoms with E-state index in [1.54, 1.807) is 4.90 Å². The molecule has 23 heavy (non-hydrogen) atoms. The van der Waals surface area contributed by atoms with Gasteiger partial charge < -0.3 is 14.4 Å². The Morgan fingerprint density at radius 3 is 2.87 bits per heavy atom. The minimum absolute atomic E-state index is 0.0775. The monoisotopic (exact) mass is 318 g/mol. The fourth-order valence-electron chi connectivity index (χ4n) is 3.68. The highest BCUT2D eigenvalue weighted by Gasteiger charge is 2.31. The van der Waals surface area contributed by atoms with Gasteiger partial charge in [-0.2, -0.15) is 0 Å². The fraction of sp³-hybridized carbons (Fsp3) is 0.706. The second-order valence-corrected chi connectivity index (χ2v) is 6.80. The maximum absolute atomic E-state index is 12.5. The Hall–Kier alpha value is -1.85. The number of nitrogens with zero attached hydrogens (tertiary/aromatic N) is 4. The van der Waals surface area contributed by atoms with Gasteiger partial charge >= 0.3 is 0 Å². The molecule has 1 aromatic heterocycles. The molecule has 2 fully saturated rings. The second-order valence-electron chi connectivity index (χ2n) is 6.80. The summed E-state index contributed by atoms with van der Waals surface area (Å²) in [5.74, 6) is 1.57. The zero-order valence-electron chi connectivity index (χ0n) is 14.1. The predicted octanol–water partition coefficient (Wildman–Crippen LogP) is 1.45. The minimum Gasteiger partial charge on any atom is -0.340 e. The number of amides is 2. The molecule has 126 valence electrons. The third-order valence-electron chi connectivity index (χ3n) is 4.94. The molecule has 3 rings (SSSR count). The average Bonchev–Trinajstić information content (AvgIpc) is 3.06. The summed E-state index contributed by atoms with van der Waals surface area (Å²) in [6, 6.07) is 0. The van der Waals surface area contributed by atoms with Crippen molar-refractivity contribution in [2.45, 2.75) is 44.9 Å². The van der Waals surface area contributed by atoms with Crippen LogP contribution < -0.4 is 0 Å². The van der Waals surface area contributed by atoms with E-state index < -0.39 is 0 Å². The lowest BCUT2D eigenvalue weighted by atomic mass is 10.1. The standard InChI is InChI=1S/C17H26N4O2/c1-13-10-19(2)17(18-13)14-7-9-21(11-14)16(23)12-20-8-5-3-4-6-15(20)22/h10,14H,3-9,11-12H2,1-2H3. The van der Waals surface area contributed by atoms with Crippen LogP contribution in [0.15, 0.2) is 6.20 Å². The van der Waals surface area contributed by atoms with Gasteiger partial charge in [0, 0.05) is 45.2 Å². The molecule has 1 aromatic rings. The number of hydrogen-bond acceptors (Lipinski definition) is 3. The van der Waals surface area contributed by atoms with Gasteiger partial charge in [-0.25, -0.2) is 4.98 Å². The lowest BCUT2D eigenvalue weighted by molar-refractivity contribution is -0.139. The normalized spacial score (nSPS) is 22.5. The number of aromatic nitrogens is 2. The first-order valence-corrected chi connectivity index (χ1v) is 8.60. The van der Waals surface area contributed by atoms with Gasteiger partial charge in [0.25, 0.3) is 0 Å². The van der Waals surface area contributed by atoms with E-state index in [0.29, 0.717) is 18.9 Å². The third-order valence-corrected chi connectivity index (χ3v) is 4.94. The number of aryl methyl sites for hydroxylation is 2. The van der Waals surface area contributed by atoms with Gasteiger partial charge in [0.15, 0.2) is 0 Å². The van der Waals surface area contributed by atoms with Crippen LogP contribution in [0.2, 0.25) is 0 Å². The van der Waals surface area contributed by atoms with Crippen LogP contribution in [0.3, 0.4) is 0 Å². The van der Waals surface area contributed by atoms with Crippen molar-refractivity contribution in [2.75, 3.05) is 26.2 Å². The summed E-state index contributed by atoms with van der Waals surface area (Å²) in [7, 11) is 2.01. The molecule has 3 heterocycles. The molecule has 0 aliphatic carbocycles. The van der Waals surface area contributed by atoms with Crippen LogP contribution in [-0.2, 0) is 16.6 Å². The van der Waals surface area contributed by atoms with Crippen LogP contribution in [0.5, 0.6) is 0 Å². The molecule has 2 aliphatic heterocycles. The molecule has 2 amide bonds. The Labute approximate surface area is 137 Å². The molecule has 1 unspecified atom stereocenters. The summed E-state index contributed by atoms with van der Waals surface area (Å²) in [5, 5.41) is 0. The summed E-state index contributed by atoms with van der Waals surface area (Å²) in [5.41, 5.74) is 1.02. The highest BCUT2D eigenvalue weighted by Crippen LogP contribution is 2.26. The largest absolute Gasteiger partial charge is 0.340 e. The first-order chi connectivity index (χ1) is 11.0. The average molecular weight is 318 g/mol. The first-order valence-electron chi connectivity index (χ1n) is 8.60. The summed E-state index contributed by atoms with van der Waals surface area (Å²) in [6.07, 6.45) is 6.60. The summed E-state index contributed by atoms with van der Waals surface area (Å²) >= 11 is 0. The molecule has 0 aromatic carbocycles. The molecule has 2 aliphatic rings. The van der Waals surface area contributed by atoms with Crippen molar-refractivity contribution in [3.05, 3.63) is 17.7 Å². The van der Waals surface area contributed by atoms with Crippen LogP contribution in [-0.4, -0.2) is 57.3 Å². The van der Waals surface area contributed by atoms with Gasteiger partial charge in [-0.15, -0.1) is 0 Å². The van der Waals surface area contributed by atoms with Gasteiger partial charge in [0.2, 0.25) is 11.8 Å². The molecule has 0 bridgehead atoms. The number of imidazole rings is 1. The Morgan fingerprint density at radius 1 is 1.30 bits per heavy atom.